The predicted octanol–water partition coefficient (Wildman–Crippen LogP) is 2.43. The lowest BCUT2D eigenvalue weighted by atomic mass is 10.2. The molecule has 1 aromatic heterocycles. The molecule has 0 saturated heterocycles. The second-order valence-electron chi connectivity index (χ2n) is 3.62. The molecular formula is C13H12BrNO3. The summed E-state index contributed by atoms with van der Waals surface area (Å²) in [5.41, 5.74) is 0.888. The van der Waals surface area contributed by atoms with Gasteiger partial charge in [0, 0.05) is 16.6 Å². The third-order valence-corrected chi connectivity index (χ3v) is 3.06. The zero-order valence-electron chi connectivity index (χ0n) is 9.52. The second-order valence-corrected chi connectivity index (χ2v) is 4.48. The highest BCUT2D eigenvalue weighted by Crippen LogP contribution is 2.29. The first-order valence-electron chi connectivity index (χ1n) is 5.46. The Morgan fingerprint density at radius 2 is 2.06 bits per heavy atom. The van der Waals surface area contributed by atoms with Crippen molar-refractivity contribution in [2.75, 3.05) is 13.2 Å². The Labute approximate surface area is 113 Å². The number of aliphatic hydroxyl groups is 1. The van der Waals surface area contributed by atoms with Gasteiger partial charge >= 0.3 is 0 Å². The van der Waals surface area contributed by atoms with Crippen molar-refractivity contribution < 1.29 is 14.3 Å². The lowest BCUT2D eigenvalue weighted by molar-refractivity contribution is 0.0918. The molecule has 4 nitrogen and oxygen atoms in total. The van der Waals surface area contributed by atoms with E-state index in [2.05, 4.69) is 21.2 Å². The molecule has 0 bridgehead atoms. The monoisotopic (exact) mass is 309 g/mol. The first kappa shape index (κ1) is 12.9. The van der Waals surface area contributed by atoms with Crippen LogP contribution in [0.25, 0.3) is 11.3 Å². The van der Waals surface area contributed by atoms with Crippen molar-refractivity contribution in [2.24, 2.45) is 0 Å². The molecule has 0 aliphatic carbocycles. The molecule has 0 radical (unpaired) electrons. The van der Waals surface area contributed by atoms with Crippen molar-refractivity contribution in [1.29, 1.82) is 0 Å². The highest BCUT2D eigenvalue weighted by molar-refractivity contribution is 9.10. The van der Waals surface area contributed by atoms with Crippen LogP contribution in [0.5, 0.6) is 0 Å². The molecule has 5 heteroatoms. The average molecular weight is 310 g/mol. The van der Waals surface area contributed by atoms with E-state index in [1.54, 1.807) is 12.1 Å². The smallest absolute Gasteiger partial charge is 0.287 e. The van der Waals surface area contributed by atoms with Gasteiger partial charge < -0.3 is 14.8 Å². The normalized spacial score (nSPS) is 10.3. The van der Waals surface area contributed by atoms with Crippen LogP contribution in [0.15, 0.2) is 45.3 Å². The molecule has 1 aromatic carbocycles. The van der Waals surface area contributed by atoms with Gasteiger partial charge in [0.2, 0.25) is 0 Å². The molecule has 0 spiro atoms. The van der Waals surface area contributed by atoms with Crippen LogP contribution in [-0.2, 0) is 0 Å². The van der Waals surface area contributed by atoms with Gasteiger partial charge in [-0.15, -0.1) is 0 Å². The Kier molecular flexibility index (Phi) is 4.17. The van der Waals surface area contributed by atoms with Crippen LogP contribution in [-0.4, -0.2) is 24.2 Å². The largest absolute Gasteiger partial charge is 0.451 e. The minimum absolute atomic E-state index is 0.0937. The summed E-state index contributed by atoms with van der Waals surface area (Å²) in [4.78, 5) is 11.6. The average Bonchev–Trinajstić information content (AvgIpc) is 2.86. The van der Waals surface area contributed by atoms with E-state index in [1.807, 2.05) is 24.3 Å². The molecule has 2 rings (SSSR count). The van der Waals surface area contributed by atoms with E-state index in [-0.39, 0.29) is 24.8 Å². The van der Waals surface area contributed by atoms with Gasteiger partial charge in [-0.2, -0.15) is 0 Å². The molecule has 2 N–H and O–H groups in total. The summed E-state index contributed by atoms with van der Waals surface area (Å²) in [6.07, 6.45) is 0. The zero-order valence-corrected chi connectivity index (χ0v) is 11.1. The minimum atomic E-state index is -0.331. The summed E-state index contributed by atoms with van der Waals surface area (Å²) < 4.78 is 6.39. The highest BCUT2D eigenvalue weighted by atomic mass is 79.9. The number of benzene rings is 1. The van der Waals surface area contributed by atoms with E-state index in [4.69, 9.17) is 9.52 Å². The first-order valence-corrected chi connectivity index (χ1v) is 6.25. The predicted molar refractivity (Wildman–Crippen MR) is 71.3 cm³/mol. The van der Waals surface area contributed by atoms with Crippen molar-refractivity contribution in [3.8, 4) is 11.3 Å². The van der Waals surface area contributed by atoms with Gasteiger partial charge in [0.25, 0.3) is 5.91 Å². The SMILES string of the molecule is O=C(NCCO)c1ccc(-c2ccccc2Br)o1. The summed E-state index contributed by atoms with van der Waals surface area (Å²) in [5, 5.41) is 11.2. The lowest BCUT2D eigenvalue weighted by Crippen LogP contribution is -2.25. The number of hydrogen-bond donors (Lipinski definition) is 2. The van der Waals surface area contributed by atoms with E-state index in [0.717, 1.165) is 10.0 Å². The molecule has 18 heavy (non-hydrogen) atoms. The van der Waals surface area contributed by atoms with Crippen LogP contribution in [0.2, 0.25) is 0 Å². The van der Waals surface area contributed by atoms with Crippen LogP contribution in [0.3, 0.4) is 0 Å². The molecule has 2 aromatic rings. The molecular weight excluding hydrogens is 298 g/mol. The molecule has 0 aliphatic rings. The van der Waals surface area contributed by atoms with Gasteiger partial charge in [-0.3, -0.25) is 4.79 Å². The van der Waals surface area contributed by atoms with Crippen LogP contribution in [0.4, 0.5) is 0 Å². The number of amides is 1. The fourth-order valence-corrected chi connectivity index (χ4v) is 2.00. The van der Waals surface area contributed by atoms with Gasteiger partial charge in [-0.1, -0.05) is 34.1 Å². The second kappa shape index (κ2) is 5.84. The van der Waals surface area contributed by atoms with E-state index in [1.165, 1.54) is 0 Å². The quantitative estimate of drug-likeness (QED) is 0.912. The van der Waals surface area contributed by atoms with Crippen molar-refractivity contribution >= 4 is 21.8 Å². The van der Waals surface area contributed by atoms with Gasteiger partial charge in [0.15, 0.2) is 5.76 Å². The molecule has 0 unspecified atom stereocenters. The number of carbonyl (C=O) groups is 1. The first-order chi connectivity index (χ1) is 8.72. The molecule has 1 amide bonds. The third-order valence-electron chi connectivity index (χ3n) is 2.37. The number of halogens is 1. The summed E-state index contributed by atoms with van der Waals surface area (Å²) in [6, 6.07) is 11.0. The fourth-order valence-electron chi connectivity index (χ4n) is 1.52. The van der Waals surface area contributed by atoms with Crippen molar-refractivity contribution in [3.63, 3.8) is 0 Å². The zero-order chi connectivity index (χ0) is 13.0. The number of aliphatic hydroxyl groups excluding tert-OH is 1. The van der Waals surface area contributed by atoms with E-state index in [0.29, 0.717) is 5.76 Å². The summed E-state index contributed by atoms with van der Waals surface area (Å²) >= 11 is 3.43. The maximum absolute atomic E-state index is 11.6. The number of furan rings is 1. The van der Waals surface area contributed by atoms with Gasteiger partial charge in [0.05, 0.1) is 6.61 Å². The van der Waals surface area contributed by atoms with Gasteiger partial charge in [-0.05, 0) is 18.2 Å². The standard InChI is InChI=1S/C13H12BrNO3/c14-10-4-2-1-3-9(10)11-5-6-12(18-11)13(17)15-7-8-16/h1-6,16H,7-8H2,(H,15,17). The van der Waals surface area contributed by atoms with Crippen molar-refractivity contribution in [2.45, 2.75) is 0 Å². The van der Waals surface area contributed by atoms with E-state index in [9.17, 15) is 4.79 Å². The Hall–Kier alpha value is -1.59. The maximum atomic E-state index is 11.6. The van der Waals surface area contributed by atoms with Crippen LogP contribution in [0.1, 0.15) is 10.6 Å². The maximum Gasteiger partial charge on any atom is 0.287 e. The van der Waals surface area contributed by atoms with Crippen LogP contribution < -0.4 is 5.32 Å². The molecule has 1 heterocycles. The number of hydrogen-bond acceptors (Lipinski definition) is 3. The van der Waals surface area contributed by atoms with Gasteiger partial charge in [0.1, 0.15) is 5.76 Å². The number of rotatable bonds is 4. The van der Waals surface area contributed by atoms with Crippen LogP contribution in [0, 0.1) is 0 Å². The Morgan fingerprint density at radius 3 is 2.78 bits per heavy atom. The summed E-state index contributed by atoms with van der Waals surface area (Å²) in [5.74, 6) is 0.521. The van der Waals surface area contributed by atoms with Crippen LogP contribution >= 0.6 is 15.9 Å². The molecule has 0 saturated carbocycles. The Bertz CT molecular complexity index is 551. The number of nitrogens with one attached hydrogen (secondary N) is 1. The molecule has 94 valence electrons. The van der Waals surface area contributed by atoms with E-state index >= 15 is 0 Å². The highest BCUT2D eigenvalue weighted by Gasteiger charge is 2.12. The third kappa shape index (κ3) is 2.80. The van der Waals surface area contributed by atoms with E-state index < -0.39 is 0 Å². The van der Waals surface area contributed by atoms with Crippen molar-refractivity contribution in [1.82, 2.24) is 5.32 Å². The lowest BCUT2D eigenvalue weighted by Gasteiger charge is -2.01. The fraction of sp³-hybridized carbons (Fsp3) is 0.154. The summed E-state index contributed by atoms with van der Waals surface area (Å²) in [7, 11) is 0. The molecule has 0 aliphatic heterocycles. The summed E-state index contributed by atoms with van der Waals surface area (Å²) in [6.45, 7) is 0.118. The topological polar surface area (TPSA) is 62.5 Å². The minimum Gasteiger partial charge on any atom is -0.451 e. The van der Waals surface area contributed by atoms with Crippen molar-refractivity contribution in [3.05, 3.63) is 46.6 Å². The molecule has 0 fully saturated rings. The Balaban J connectivity index is 2.21. The Morgan fingerprint density at radius 1 is 1.28 bits per heavy atom. The molecule has 0 atom stereocenters. The van der Waals surface area contributed by atoms with Gasteiger partial charge in [-0.25, -0.2) is 0 Å². The number of carbonyl (C=O) groups excluding carboxylic acids is 1.